The molecule has 5 aromatic rings. The summed E-state index contributed by atoms with van der Waals surface area (Å²) in [5, 5.41) is 3.08. The first-order chi connectivity index (χ1) is 13.4. The Balaban J connectivity index is 1.91. The molecular formula is C21H15NOS. The Kier molecular flexibility index (Phi) is 2.10. The maximum absolute atomic E-state index is 8.25. The topological polar surface area (TPSA) is 26.0 Å². The van der Waals surface area contributed by atoms with Crippen molar-refractivity contribution in [3.05, 3.63) is 65.1 Å². The molecule has 0 amide bonds. The Hall–Kier alpha value is -2.65. The number of para-hydroxylation sites is 1. The summed E-state index contributed by atoms with van der Waals surface area (Å²) in [5.74, 6) is 0. The number of aryl methyl sites for hydroxylation is 2. The second-order valence-electron chi connectivity index (χ2n) is 5.83. The van der Waals surface area contributed by atoms with Crippen LogP contribution >= 0.6 is 11.3 Å². The highest BCUT2D eigenvalue weighted by atomic mass is 32.1. The van der Waals surface area contributed by atoms with Crippen LogP contribution in [0.1, 0.15) is 15.9 Å². The van der Waals surface area contributed by atoms with Crippen LogP contribution in [0.2, 0.25) is 0 Å². The first-order valence-electron chi connectivity index (χ1n) is 9.67. The van der Waals surface area contributed by atoms with Gasteiger partial charge in [-0.1, -0.05) is 24.2 Å². The molecule has 3 heterocycles. The van der Waals surface area contributed by atoms with E-state index in [0.717, 1.165) is 21.1 Å². The summed E-state index contributed by atoms with van der Waals surface area (Å²) in [7, 11) is 0. The molecule has 0 aliphatic heterocycles. The van der Waals surface area contributed by atoms with E-state index in [1.54, 1.807) is 17.4 Å². The maximum Gasteiger partial charge on any atom is 0.153 e. The highest BCUT2D eigenvalue weighted by molar-refractivity contribution is 7.20. The van der Waals surface area contributed by atoms with Gasteiger partial charge in [0, 0.05) is 27.4 Å². The molecule has 0 unspecified atom stereocenters. The normalized spacial score (nSPS) is 14.1. The molecule has 0 saturated heterocycles. The molecule has 5 rings (SSSR count). The molecule has 2 aromatic carbocycles. The predicted octanol–water partition coefficient (Wildman–Crippen LogP) is 6.48. The van der Waals surface area contributed by atoms with E-state index in [-0.39, 0.29) is 30.0 Å². The standard InChI is InChI=1S/C21H15NOS/c1-12-13(2)24-21-14(12)9-10-16-15-6-5-7-17(19(15)23-20(16)21)18-8-3-4-11-22-18/h3-11H,1-2H3/i3D,4D,8D,11D. The van der Waals surface area contributed by atoms with Gasteiger partial charge >= 0.3 is 0 Å². The Labute approximate surface area is 149 Å². The maximum atomic E-state index is 8.25. The molecule has 0 radical (unpaired) electrons. The minimum absolute atomic E-state index is 0.165. The molecule has 3 heteroatoms. The van der Waals surface area contributed by atoms with Crippen molar-refractivity contribution in [2.45, 2.75) is 13.8 Å². The lowest BCUT2D eigenvalue weighted by Gasteiger charge is -2.00. The van der Waals surface area contributed by atoms with Crippen LogP contribution in [0.3, 0.4) is 0 Å². The van der Waals surface area contributed by atoms with E-state index in [2.05, 4.69) is 31.0 Å². The minimum Gasteiger partial charge on any atom is -0.454 e. The van der Waals surface area contributed by atoms with E-state index in [1.165, 1.54) is 15.8 Å². The van der Waals surface area contributed by atoms with Crippen LogP contribution in [-0.4, -0.2) is 4.98 Å². The summed E-state index contributed by atoms with van der Waals surface area (Å²) in [6, 6.07) is 9.00. The SMILES string of the molecule is [2H]c1nc(-c2cccc3c2oc2c3ccc3c(C)c(C)sc32)c([2H])c([2H])c1[2H]. The number of nitrogens with zero attached hydrogens (tertiary/aromatic N) is 1. The second kappa shape index (κ2) is 4.92. The van der Waals surface area contributed by atoms with Gasteiger partial charge in [0.2, 0.25) is 0 Å². The number of rotatable bonds is 1. The summed E-state index contributed by atoms with van der Waals surface area (Å²) in [6.45, 7) is 4.21. The van der Waals surface area contributed by atoms with E-state index in [9.17, 15) is 0 Å². The van der Waals surface area contributed by atoms with Crippen LogP contribution in [0.4, 0.5) is 0 Å². The Morgan fingerprint density at radius 1 is 1.00 bits per heavy atom. The Bertz CT molecular complexity index is 1430. The van der Waals surface area contributed by atoms with Crippen LogP contribution in [0, 0.1) is 13.8 Å². The fraction of sp³-hybridized carbons (Fsp3) is 0.0952. The van der Waals surface area contributed by atoms with E-state index >= 15 is 0 Å². The number of fused-ring (bicyclic) bond motifs is 5. The summed E-state index contributed by atoms with van der Waals surface area (Å²) in [6.07, 6.45) is -0.309. The highest BCUT2D eigenvalue weighted by Crippen LogP contribution is 2.41. The largest absolute Gasteiger partial charge is 0.454 e. The van der Waals surface area contributed by atoms with Gasteiger partial charge < -0.3 is 4.42 Å². The third-order valence-corrected chi connectivity index (χ3v) is 5.75. The lowest BCUT2D eigenvalue weighted by atomic mass is 10.1. The monoisotopic (exact) mass is 333 g/mol. The Morgan fingerprint density at radius 2 is 1.83 bits per heavy atom. The fourth-order valence-corrected chi connectivity index (χ4v) is 4.34. The van der Waals surface area contributed by atoms with Crippen molar-refractivity contribution in [1.82, 2.24) is 4.98 Å². The van der Waals surface area contributed by atoms with Crippen molar-refractivity contribution in [1.29, 1.82) is 0 Å². The summed E-state index contributed by atoms with van der Waals surface area (Å²) in [5.41, 5.74) is 3.42. The van der Waals surface area contributed by atoms with Gasteiger partial charge in [-0.05, 0) is 49.0 Å². The molecule has 0 N–H and O–H groups in total. The molecule has 2 nitrogen and oxygen atoms in total. The molecule has 0 aliphatic rings. The molecule has 0 atom stereocenters. The van der Waals surface area contributed by atoms with Gasteiger partial charge in [-0.25, -0.2) is 0 Å². The van der Waals surface area contributed by atoms with Crippen molar-refractivity contribution < 1.29 is 9.90 Å². The summed E-state index contributed by atoms with van der Waals surface area (Å²) < 4.78 is 39.2. The molecule has 116 valence electrons. The van der Waals surface area contributed by atoms with E-state index in [4.69, 9.17) is 9.90 Å². The second-order valence-corrected chi connectivity index (χ2v) is 7.06. The molecule has 0 saturated carbocycles. The minimum atomic E-state index is -0.336. The summed E-state index contributed by atoms with van der Waals surface area (Å²) >= 11 is 1.70. The number of hydrogen-bond donors (Lipinski definition) is 0. The van der Waals surface area contributed by atoms with Crippen LogP contribution in [0.5, 0.6) is 0 Å². The Morgan fingerprint density at radius 3 is 2.75 bits per heavy atom. The van der Waals surface area contributed by atoms with E-state index in [0.29, 0.717) is 11.1 Å². The lowest BCUT2D eigenvalue weighted by molar-refractivity contribution is 0.674. The molecule has 0 bridgehead atoms. The summed E-state index contributed by atoms with van der Waals surface area (Å²) in [4.78, 5) is 5.37. The van der Waals surface area contributed by atoms with Crippen LogP contribution in [0.25, 0.3) is 43.3 Å². The van der Waals surface area contributed by atoms with Crippen LogP contribution < -0.4 is 0 Å². The zero-order chi connectivity index (χ0) is 19.7. The molecule has 0 spiro atoms. The number of aromatic nitrogens is 1. The smallest absolute Gasteiger partial charge is 0.153 e. The van der Waals surface area contributed by atoms with Crippen LogP contribution in [-0.2, 0) is 0 Å². The predicted molar refractivity (Wildman–Crippen MR) is 102 cm³/mol. The van der Waals surface area contributed by atoms with Crippen molar-refractivity contribution in [2.24, 2.45) is 0 Å². The fourth-order valence-electron chi connectivity index (χ4n) is 3.20. The quantitative estimate of drug-likeness (QED) is 0.351. The van der Waals surface area contributed by atoms with Gasteiger partial charge in [0.05, 0.1) is 15.9 Å². The molecular weight excluding hydrogens is 314 g/mol. The average molecular weight is 333 g/mol. The molecule has 3 aromatic heterocycles. The van der Waals surface area contributed by atoms with Gasteiger partial charge in [0.25, 0.3) is 0 Å². The third kappa shape index (κ3) is 1.79. The molecule has 0 aliphatic carbocycles. The van der Waals surface area contributed by atoms with Gasteiger partial charge in [0.15, 0.2) is 5.58 Å². The zero-order valence-electron chi connectivity index (χ0n) is 17.2. The first kappa shape index (κ1) is 10.3. The molecule has 24 heavy (non-hydrogen) atoms. The van der Waals surface area contributed by atoms with Crippen LogP contribution in [0.15, 0.2) is 59.0 Å². The number of pyridine rings is 1. The van der Waals surface area contributed by atoms with E-state index in [1.807, 2.05) is 12.1 Å². The zero-order valence-corrected chi connectivity index (χ0v) is 14.0. The highest BCUT2D eigenvalue weighted by Gasteiger charge is 2.16. The number of benzene rings is 2. The van der Waals surface area contributed by atoms with Crippen molar-refractivity contribution in [3.8, 4) is 11.3 Å². The van der Waals surface area contributed by atoms with Gasteiger partial charge in [-0.15, -0.1) is 11.3 Å². The van der Waals surface area contributed by atoms with Crippen molar-refractivity contribution in [2.75, 3.05) is 0 Å². The van der Waals surface area contributed by atoms with Crippen molar-refractivity contribution >= 4 is 43.4 Å². The number of furan rings is 1. The first-order valence-corrected chi connectivity index (χ1v) is 8.48. The van der Waals surface area contributed by atoms with Gasteiger partial charge in [-0.3, -0.25) is 4.98 Å². The van der Waals surface area contributed by atoms with Gasteiger partial charge in [0.1, 0.15) is 5.58 Å². The lowest BCUT2D eigenvalue weighted by Crippen LogP contribution is -1.81. The number of hydrogen-bond acceptors (Lipinski definition) is 3. The molecule has 0 fully saturated rings. The van der Waals surface area contributed by atoms with E-state index < -0.39 is 0 Å². The van der Waals surface area contributed by atoms with Gasteiger partial charge in [-0.2, -0.15) is 0 Å². The average Bonchev–Trinajstić information content (AvgIpc) is 3.21. The van der Waals surface area contributed by atoms with Crippen molar-refractivity contribution in [3.63, 3.8) is 0 Å². The third-order valence-electron chi connectivity index (χ3n) is 4.53. The number of thiophene rings is 1.